The number of hydrogen-bond donors (Lipinski definition) is 1. The summed E-state index contributed by atoms with van der Waals surface area (Å²) in [5.74, 6) is -0.0976. The first kappa shape index (κ1) is 9.83. The van der Waals surface area contributed by atoms with Gasteiger partial charge in [-0.3, -0.25) is 0 Å². The van der Waals surface area contributed by atoms with Gasteiger partial charge in [0.15, 0.2) is 0 Å². The van der Waals surface area contributed by atoms with Gasteiger partial charge in [-0.25, -0.2) is 14.4 Å². The number of nitrogen functional groups attached to an aromatic ring is 1. The van der Waals surface area contributed by atoms with E-state index in [0.29, 0.717) is 5.52 Å². The number of nitrogens with two attached hydrogens (primary N) is 1. The van der Waals surface area contributed by atoms with Crippen LogP contribution in [0.2, 0.25) is 0 Å². The Kier molecular flexibility index (Phi) is 2.49. The van der Waals surface area contributed by atoms with Crippen LogP contribution in [-0.2, 0) is 6.42 Å². The van der Waals surface area contributed by atoms with Crippen LogP contribution in [0.15, 0.2) is 18.2 Å². The lowest BCUT2D eigenvalue weighted by molar-refractivity contribution is 0.629. The first-order chi connectivity index (χ1) is 7.20. The van der Waals surface area contributed by atoms with Crippen LogP contribution >= 0.6 is 0 Å². The summed E-state index contributed by atoms with van der Waals surface area (Å²) in [6.07, 6.45) is 1.80. The predicted molar refractivity (Wildman–Crippen MR) is 57.9 cm³/mol. The molecule has 78 valence electrons. The average Bonchev–Trinajstić information content (AvgIpc) is 2.17. The third-order valence-electron chi connectivity index (χ3n) is 2.24. The quantitative estimate of drug-likeness (QED) is 0.818. The number of anilines is 1. The number of aromatic nitrogens is 2. The fourth-order valence-electron chi connectivity index (χ4n) is 1.62. The summed E-state index contributed by atoms with van der Waals surface area (Å²) >= 11 is 0. The largest absolute Gasteiger partial charge is 0.368 e. The molecule has 0 aliphatic heterocycles. The third kappa shape index (κ3) is 1.88. The van der Waals surface area contributed by atoms with Gasteiger partial charge < -0.3 is 5.73 Å². The molecule has 0 amide bonds. The van der Waals surface area contributed by atoms with Crippen molar-refractivity contribution in [3.05, 3.63) is 29.7 Å². The zero-order valence-corrected chi connectivity index (χ0v) is 8.50. The molecular weight excluding hydrogens is 193 g/mol. The van der Waals surface area contributed by atoms with Crippen molar-refractivity contribution in [1.82, 2.24) is 9.97 Å². The highest BCUT2D eigenvalue weighted by molar-refractivity contribution is 5.81. The highest BCUT2D eigenvalue weighted by atomic mass is 19.1. The number of hydrogen-bond acceptors (Lipinski definition) is 3. The molecule has 1 heterocycles. The van der Waals surface area contributed by atoms with Gasteiger partial charge in [-0.05, 0) is 18.6 Å². The van der Waals surface area contributed by atoms with Crippen LogP contribution in [0, 0.1) is 5.82 Å². The minimum absolute atomic E-state index is 0.205. The fraction of sp³-hybridized carbons (Fsp3) is 0.273. The molecule has 2 rings (SSSR count). The molecule has 0 saturated carbocycles. The van der Waals surface area contributed by atoms with E-state index in [2.05, 4.69) is 16.9 Å². The van der Waals surface area contributed by atoms with Crippen molar-refractivity contribution in [3.8, 4) is 0 Å². The van der Waals surface area contributed by atoms with Crippen LogP contribution in [0.25, 0.3) is 10.9 Å². The number of halogens is 1. The van der Waals surface area contributed by atoms with Crippen molar-refractivity contribution >= 4 is 16.9 Å². The van der Waals surface area contributed by atoms with E-state index in [9.17, 15) is 4.39 Å². The second-order valence-electron chi connectivity index (χ2n) is 3.44. The molecule has 15 heavy (non-hydrogen) atoms. The Hall–Kier alpha value is -1.71. The van der Waals surface area contributed by atoms with E-state index in [1.54, 1.807) is 6.07 Å². The molecular formula is C11H12FN3. The van der Waals surface area contributed by atoms with Crippen molar-refractivity contribution in [2.24, 2.45) is 0 Å². The summed E-state index contributed by atoms with van der Waals surface area (Å²) in [5.41, 5.74) is 7.02. The minimum Gasteiger partial charge on any atom is -0.368 e. The van der Waals surface area contributed by atoms with Crippen molar-refractivity contribution in [2.75, 3.05) is 5.73 Å². The smallest absolute Gasteiger partial charge is 0.220 e. The first-order valence-electron chi connectivity index (χ1n) is 4.92. The van der Waals surface area contributed by atoms with E-state index >= 15 is 0 Å². The van der Waals surface area contributed by atoms with E-state index in [-0.39, 0.29) is 11.8 Å². The Morgan fingerprint density at radius 3 is 2.87 bits per heavy atom. The van der Waals surface area contributed by atoms with Crippen LogP contribution in [-0.4, -0.2) is 9.97 Å². The maximum atomic E-state index is 13.0. The molecule has 2 N–H and O–H groups in total. The van der Waals surface area contributed by atoms with E-state index in [1.807, 2.05) is 0 Å². The maximum Gasteiger partial charge on any atom is 0.220 e. The fourth-order valence-corrected chi connectivity index (χ4v) is 1.62. The Bertz CT molecular complexity index is 491. The number of aryl methyl sites for hydroxylation is 1. The second-order valence-corrected chi connectivity index (χ2v) is 3.44. The predicted octanol–water partition coefficient (Wildman–Crippen LogP) is 2.30. The van der Waals surface area contributed by atoms with Gasteiger partial charge in [0.25, 0.3) is 0 Å². The van der Waals surface area contributed by atoms with E-state index in [1.165, 1.54) is 12.1 Å². The summed E-state index contributed by atoms with van der Waals surface area (Å²) in [7, 11) is 0. The summed E-state index contributed by atoms with van der Waals surface area (Å²) in [4.78, 5) is 8.17. The number of fused-ring (bicyclic) bond motifs is 1. The topological polar surface area (TPSA) is 51.8 Å². The number of nitrogens with zero attached hydrogens (tertiary/aromatic N) is 2. The van der Waals surface area contributed by atoms with E-state index in [4.69, 9.17) is 5.73 Å². The monoisotopic (exact) mass is 205 g/mol. The molecule has 0 bridgehead atoms. The van der Waals surface area contributed by atoms with Gasteiger partial charge in [-0.1, -0.05) is 13.3 Å². The number of rotatable bonds is 2. The molecule has 0 spiro atoms. The molecule has 0 aliphatic rings. The summed E-state index contributed by atoms with van der Waals surface area (Å²) in [6.45, 7) is 2.06. The molecule has 2 aromatic rings. The lowest BCUT2D eigenvalue weighted by Gasteiger charge is -2.05. The lowest BCUT2D eigenvalue weighted by atomic mass is 10.1. The SMILES string of the molecule is CCCc1nc(N)nc2cc(F)ccc12. The molecule has 1 aromatic heterocycles. The molecule has 3 nitrogen and oxygen atoms in total. The van der Waals surface area contributed by atoms with Crippen LogP contribution in [0.4, 0.5) is 10.3 Å². The van der Waals surface area contributed by atoms with Crippen LogP contribution < -0.4 is 5.73 Å². The van der Waals surface area contributed by atoms with Crippen molar-refractivity contribution in [2.45, 2.75) is 19.8 Å². The Morgan fingerprint density at radius 1 is 1.33 bits per heavy atom. The van der Waals surface area contributed by atoms with E-state index < -0.39 is 0 Å². The van der Waals surface area contributed by atoms with Crippen LogP contribution in [0.3, 0.4) is 0 Å². The molecule has 0 fully saturated rings. The van der Waals surface area contributed by atoms with Gasteiger partial charge >= 0.3 is 0 Å². The van der Waals surface area contributed by atoms with Gasteiger partial charge in [0.2, 0.25) is 5.95 Å². The van der Waals surface area contributed by atoms with Gasteiger partial charge in [0.1, 0.15) is 5.82 Å². The molecule has 0 unspecified atom stereocenters. The summed E-state index contributed by atoms with van der Waals surface area (Å²) in [5, 5.41) is 0.882. The number of benzene rings is 1. The molecule has 0 saturated heterocycles. The van der Waals surface area contributed by atoms with Crippen LogP contribution in [0.5, 0.6) is 0 Å². The highest BCUT2D eigenvalue weighted by Crippen LogP contribution is 2.18. The molecule has 0 atom stereocenters. The Labute approximate surface area is 87.2 Å². The standard InChI is InChI=1S/C11H12FN3/c1-2-3-9-8-5-4-7(12)6-10(8)15-11(13)14-9/h4-6H,2-3H2,1H3,(H2,13,14,15). The minimum atomic E-state index is -0.303. The molecule has 4 heteroatoms. The zero-order chi connectivity index (χ0) is 10.8. The molecule has 0 aliphatic carbocycles. The van der Waals surface area contributed by atoms with Crippen molar-refractivity contribution in [3.63, 3.8) is 0 Å². The first-order valence-corrected chi connectivity index (χ1v) is 4.92. The third-order valence-corrected chi connectivity index (χ3v) is 2.24. The van der Waals surface area contributed by atoms with Crippen molar-refractivity contribution < 1.29 is 4.39 Å². The Balaban J connectivity index is 2.68. The maximum absolute atomic E-state index is 13.0. The summed E-state index contributed by atoms with van der Waals surface area (Å²) < 4.78 is 13.0. The summed E-state index contributed by atoms with van der Waals surface area (Å²) in [6, 6.07) is 4.50. The second kappa shape index (κ2) is 3.81. The lowest BCUT2D eigenvalue weighted by Crippen LogP contribution is -2.00. The van der Waals surface area contributed by atoms with Gasteiger partial charge in [0, 0.05) is 11.5 Å². The van der Waals surface area contributed by atoms with Gasteiger partial charge in [0.05, 0.1) is 11.2 Å². The van der Waals surface area contributed by atoms with Crippen LogP contribution in [0.1, 0.15) is 19.0 Å². The average molecular weight is 205 g/mol. The molecule has 0 radical (unpaired) electrons. The van der Waals surface area contributed by atoms with Gasteiger partial charge in [-0.2, -0.15) is 0 Å². The van der Waals surface area contributed by atoms with Gasteiger partial charge in [-0.15, -0.1) is 0 Å². The highest BCUT2D eigenvalue weighted by Gasteiger charge is 2.05. The normalized spacial score (nSPS) is 10.8. The van der Waals surface area contributed by atoms with E-state index in [0.717, 1.165) is 23.9 Å². The molecule has 1 aromatic carbocycles. The zero-order valence-electron chi connectivity index (χ0n) is 8.50. The van der Waals surface area contributed by atoms with Crippen molar-refractivity contribution in [1.29, 1.82) is 0 Å². The Morgan fingerprint density at radius 2 is 2.13 bits per heavy atom.